The third-order valence-corrected chi connectivity index (χ3v) is 7.13. The Morgan fingerprint density at radius 2 is 2.19 bits per heavy atom. The molecule has 1 atom stereocenters. The maximum atomic E-state index is 12.9. The fourth-order valence-corrected chi connectivity index (χ4v) is 5.13. The molecule has 0 radical (unpaired) electrons. The summed E-state index contributed by atoms with van der Waals surface area (Å²) in [7, 11) is 0. The molecule has 1 saturated heterocycles. The van der Waals surface area contributed by atoms with Gasteiger partial charge in [0.2, 0.25) is 0 Å². The Morgan fingerprint density at radius 1 is 1.42 bits per heavy atom. The van der Waals surface area contributed by atoms with E-state index in [-0.39, 0.29) is 23.2 Å². The minimum absolute atomic E-state index is 0.0231. The number of ether oxygens (including phenoxy) is 2. The standard InChI is InChI=1S/C22H30N4O4S/c1-4-26-19-16(10-22(13-24-20(19)27)5-7-29-8-6-22)17(25-26)9-14(2)12-30-21(28)18-11-23-15(3)31-18/h11,14H,4-10,12-13H2,1-3H3,(H,24,27). The lowest BCUT2D eigenvalue weighted by molar-refractivity contribution is 0.0160. The Labute approximate surface area is 186 Å². The lowest BCUT2D eigenvalue weighted by Gasteiger charge is -2.36. The zero-order valence-electron chi connectivity index (χ0n) is 18.4. The van der Waals surface area contributed by atoms with Gasteiger partial charge in [0.15, 0.2) is 0 Å². The molecule has 0 aromatic carbocycles. The highest BCUT2D eigenvalue weighted by atomic mass is 32.1. The Morgan fingerprint density at radius 3 is 2.87 bits per heavy atom. The quantitative estimate of drug-likeness (QED) is 0.686. The second kappa shape index (κ2) is 9.08. The third kappa shape index (κ3) is 4.67. The molecule has 9 heteroatoms. The number of rotatable bonds is 6. The summed E-state index contributed by atoms with van der Waals surface area (Å²) in [5.74, 6) is -0.297. The van der Waals surface area contributed by atoms with Gasteiger partial charge in [-0.15, -0.1) is 11.3 Å². The normalized spacial score (nSPS) is 18.9. The first-order valence-electron chi connectivity index (χ1n) is 10.9. The van der Waals surface area contributed by atoms with Crippen molar-refractivity contribution in [3.63, 3.8) is 0 Å². The molecular formula is C22H30N4O4S. The monoisotopic (exact) mass is 446 g/mol. The lowest BCUT2D eigenvalue weighted by Crippen LogP contribution is -2.40. The Bertz CT molecular complexity index is 961. The van der Waals surface area contributed by atoms with Crippen LogP contribution in [0.1, 0.15) is 63.1 Å². The molecular weight excluding hydrogens is 416 g/mol. The van der Waals surface area contributed by atoms with Crippen LogP contribution in [0.4, 0.5) is 0 Å². The average Bonchev–Trinajstić information content (AvgIpc) is 3.31. The van der Waals surface area contributed by atoms with Crippen LogP contribution in [0.3, 0.4) is 0 Å². The van der Waals surface area contributed by atoms with E-state index in [0.29, 0.717) is 36.7 Å². The number of amides is 1. The number of hydrogen-bond acceptors (Lipinski definition) is 7. The topological polar surface area (TPSA) is 95.3 Å². The number of fused-ring (bicyclic) bond motifs is 1. The molecule has 4 rings (SSSR count). The molecule has 1 unspecified atom stereocenters. The molecule has 1 spiro atoms. The number of carbonyl (C=O) groups excluding carboxylic acids is 2. The second-order valence-corrected chi connectivity index (χ2v) is 9.95. The number of aryl methyl sites for hydroxylation is 2. The highest BCUT2D eigenvalue weighted by molar-refractivity contribution is 7.13. The van der Waals surface area contributed by atoms with Crippen molar-refractivity contribution in [3.8, 4) is 0 Å². The first-order chi connectivity index (χ1) is 14.9. The van der Waals surface area contributed by atoms with Crippen molar-refractivity contribution in [2.75, 3.05) is 26.4 Å². The summed E-state index contributed by atoms with van der Waals surface area (Å²) in [4.78, 5) is 29.8. The highest BCUT2D eigenvalue weighted by Crippen LogP contribution is 2.38. The predicted octanol–water partition coefficient (Wildman–Crippen LogP) is 2.79. The fourth-order valence-electron chi connectivity index (χ4n) is 4.46. The lowest BCUT2D eigenvalue weighted by atomic mass is 9.75. The SMILES string of the molecule is CCn1nc(CC(C)COC(=O)c2cnc(C)s2)c2c1C(=O)NCC1(CCOCC1)C2. The molecule has 2 aromatic heterocycles. The van der Waals surface area contributed by atoms with Crippen molar-refractivity contribution in [2.24, 2.45) is 11.3 Å². The number of thiazole rings is 1. The molecule has 168 valence electrons. The van der Waals surface area contributed by atoms with E-state index in [1.807, 2.05) is 25.5 Å². The van der Waals surface area contributed by atoms with Crippen LogP contribution in [0.2, 0.25) is 0 Å². The summed E-state index contributed by atoms with van der Waals surface area (Å²) in [6.07, 6.45) is 4.91. The summed E-state index contributed by atoms with van der Waals surface area (Å²) in [6.45, 7) is 8.98. The summed E-state index contributed by atoms with van der Waals surface area (Å²) in [5.41, 5.74) is 2.70. The van der Waals surface area contributed by atoms with Gasteiger partial charge in [0.25, 0.3) is 5.91 Å². The molecule has 2 aliphatic heterocycles. The number of aromatic nitrogens is 3. The Kier molecular flexibility index (Phi) is 6.43. The van der Waals surface area contributed by atoms with Gasteiger partial charge in [0, 0.05) is 31.9 Å². The van der Waals surface area contributed by atoms with Gasteiger partial charge in [-0.25, -0.2) is 9.78 Å². The summed E-state index contributed by atoms with van der Waals surface area (Å²) in [5, 5.41) is 8.76. The van der Waals surface area contributed by atoms with Gasteiger partial charge < -0.3 is 14.8 Å². The van der Waals surface area contributed by atoms with E-state index in [2.05, 4.69) is 10.3 Å². The summed E-state index contributed by atoms with van der Waals surface area (Å²) < 4.78 is 12.9. The first-order valence-corrected chi connectivity index (χ1v) is 11.8. The van der Waals surface area contributed by atoms with Gasteiger partial charge in [-0.1, -0.05) is 6.92 Å². The fraction of sp³-hybridized carbons (Fsp3) is 0.636. The van der Waals surface area contributed by atoms with Crippen LogP contribution in [0.15, 0.2) is 6.20 Å². The van der Waals surface area contributed by atoms with Gasteiger partial charge >= 0.3 is 5.97 Å². The van der Waals surface area contributed by atoms with Crippen molar-refractivity contribution in [1.29, 1.82) is 0 Å². The Hall–Kier alpha value is -2.26. The van der Waals surface area contributed by atoms with Gasteiger partial charge in [-0.05, 0) is 50.9 Å². The van der Waals surface area contributed by atoms with Crippen LogP contribution in [-0.2, 0) is 28.9 Å². The molecule has 1 N–H and O–H groups in total. The molecule has 2 aromatic rings. The van der Waals surface area contributed by atoms with E-state index >= 15 is 0 Å². The molecule has 0 saturated carbocycles. The third-order valence-electron chi connectivity index (χ3n) is 6.24. The smallest absolute Gasteiger partial charge is 0.349 e. The molecule has 0 bridgehead atoms. The average molecular weight is 447 g/mol. The maximum Gasteiger partial charge on any atom is 0.349 e. The van der Waals surface area contributed by atoms with Gasteiger partial charge in [-0.3, -0.25) is 9.48 Å². The van der Waals surface area contributed by atoms with Crippen LogP contribution in [-0.4, -0.2) is 53.0 Å². The van der Waals surface area contributed by atoms with Crippen molar-refractivity contribution in [2.45, 2.75) is 53.0 Å². The molecule has 31 heavy (non-hydrogen) atoms. The predicted molar refractivity (Wildman–Crippen MR) is 116 cm³/mol. The molecule has 0 aliphatic carbocycles. The van der Waals surface area contributed by atoms with Crippen molar-refractivity contribution in [1.82, 2.24) is 20.1 Å². The molecule has 1 fully saturated rings. The van der Waals surface area contributed by atoms with E-state index in [9.17, 15) is 9.59 Å². The number of nitrogens with zero attached hydrogens (tertiary/aromatic N) is 3. The maximum absolute atomic E-state index is 12.9. The zero-order chi connectivity index (χ0) is 22.0. The highest BCUT2D eigenvalue weighted by Gasteiger charge is 2.39. The zero-order valence-corrected chi connectivity index (χ0v) is 19.2. The molecule has 8 nitrogen and oxygen atoms in total. The van der Waals surface area contributed by atoms with Crippen LogP contribution in [0, 0.1) is 18.3 Å². The van der Waals surface area contributed by atoms with Crippen LogP contribution >= 0.6 is 11.3 Å². The molecule has 2 aliphatic rings. The van der Waals surface area contributed by atoms with Crippen LogP contribution in [0.5, 0.6) is 0 Å². The van der Waals surface area contributed by atoms with Crippen molar-refractivity contribution in [3.05, 3.63) is 33.0 Å². The van der Waals surface area contributed by atoms with Crippen molar-refractivity contribution < 1.29 is 19.1 Å². The van der Waals surface area contributed by atoms with Gasteiger partial charge in [-0.2, -0.15) is 5.10 Å². The minimum atomic E-state index is -0.337. The van der Waals surface area contributed by atoms with Gasteiger partial charge in [0.05, 0.1) is 23.5 Å². The van der Waals surface area contributed by atoms with Crippen LogP contribution < -0.4 is 5.32 Å². The van der Waals surface area contributed by atoms with E-state index in [4.69, 9.17) is 14.6 Å². The Balaban J connectivity index is 1.50. The number of carbonyl (C=O) groups is 2. The number of esters is 1. The van der Waals surface area contributed by atoms with E-state index in [1.165, 1.54) is 11.3 Å². The van der Waals surface area contributed by atoms with Crippen LogP contribution in [0.25, 0.3) is 0 Å². The molecule has 1 amide bonds. The van der Waals surface area contributed by atoms with E-state index < -0.39 is 0 Å². The van der Waals surface area contributed by atoms with Crippen molar-refractivity contribution >= 4 is 23.2 Å². The summed E-state index contributed by atoms with van der Waals surface area (Å²) in [6, 6.07) is 0. The minimum Gasteiger partial charge on any atom is -0.461 e. The molecule has 4 heterocycles. The largest absolute Gasteiger partial charge is 0.461 e. The van der Waals surface area contributed by atoms with E-state index in [1.54, 1.807) is 6.20 Å². The summed E-state index contributed by atoms with van der Waals surface area (Å²) >= 11 is 1.34. The number of nitrogens with one attached hydrogen (secondary N) is 1. The second-order valence-electron chi connectivity index (χ2n) is 8.71. The van der Waals surface area contributed by atoms with E-state index in [0.717, 1.165) is 48.7 Å². The first kappa shape index (κ1) is 22.0. The number of hydrogen-bond donors (Lipinski definition) is 1. The van der Waals surface area contributed by atoms with Gasteiger partial charge in [0.1, 0.15) is 10.6 Å².